The fourth-order valence-electron chi connectivity index (χ4n) is 4.54. The SMILES string of the molecule is Cc1ccc(C(=O)N2CCCC(C(=O)N3C[C@H]4CNC[C@H]4C3)C2)cc1.Cl. The molecule has 1 unspecified atom stereocenters. The second-order valence-corrected chi connectivity index (χ2v) is 7.88. The highest BCUT2D eigenvalue weighted by Crippen LogP contribution is 2.29. The van der Waals surface area contributed by atoms with E-state index in [0.717, 1.165) is 56.7 Å². The molecule has 6 heteroatoms. The van der Waals surface area contributed by atoms with Crippen molar-refractivity contribution in [2.75, 3.05) is 39.3 Å². The average molecular weight is 378 g/mol. The van der Waals surface area contributed by atoms with Crippen molar-refractivity contribution in [1.82, 2.24) is 15.1 Å². The lowest BCUT2D eigenvalue weighted by molar-refractivity contribution is -0.136. The van der Waals surface area contributed by atoms with E-state index in [1.807, 2.05) is 36.1 Å². The first-order valence-corrected chi connectivity index (χ1v) is 9.47. The number of benzene rings is 1. The molecule has 3 saturated heterocycles. The van der Waals surface area contributed by atoms with E-state index in [4.69, 9.17) is 0 Å². The Bertz CT molecular complexity index is 652. The lowest BCUT2D eigenvalue weighted by atomic mass is 9.95. The predicted octanol–water partition coefficient (Wildman–Crippen LogP) is 1.95. The summed E-state index contributed by atoms with van der Waals surface area (Å²) in [4.78, 5) is 29.6. The molecule has 3 heterocycles. The Labute approximate surface area is 161 Å². The lowest BCUT2D eigenvalue weighted by Crippen LogP contribution is -2.46. The van der Waals surface area contributed by atoms with E-state index in [9.17, 15) is 9.59 Å². The average Bonchev–Trinajstić information content (AvgIpc) is 3.23. The zero-order chi connectivity index (χ0) is 17.4. The normalized spacial score (nSPS) is 27.8. The van der Waals surface area contributed by atoms with Crippen LogP contribution in [0.5, 0.6) is 0 Å². The number of carbonyl (C=O) groups excluding carboxylic acids is 2. The van der Waals surface area contributed by atoms with E-state index >= 15 is 0 Å². The molecule has 1 aromatic rings. The van der Waals surface area contributed by atoms with Crippen LogP contribution in [0.1, 0.15) is 28.8 Å². The summed E-state index contributed by atoms with van der Waals surface area (Å²) in [5.74, 6) is 1.53. The Balaban J connectivity index is 0.00000196. The molecule has 5 nitrogen and oxygen atoms in total. The van der Waals surface area contributed by atoms with Gasteiger partial charge in [-0.2, -0.15) is 0 Å². The van der Waals surface area contributed by atoms with Crippen LogP contribution in [0.2, 0.25) is 0 Å². The molecule has 1 aromatic carbocycles. The maximum absolute atomic E-state index is 12.9. The molecule has 4 rings (SSSR count). The number of rotatable bonds is 2. The van der Waals surface area contributed by atoms with Crippen molar-refractivity contribution in [1.29, 1.82) is 0 Å². The zero-order valence-electron chi connectivity index (χ0n) is 15.3. The highest BCUT2D eigenvalue weighted by molar-refractivity contribution is 5.94. The molecular formula is C20H28ClN3O2. The summed E-state index contributed by atoms with van der Waals surface area (Å²) in [6.45, 7) is 7.19. The molecule has 0 aliphatic carbocycles. The van der Waals surface area contributed by atoms with Crippen molar-refractivity contribution >= 4 is 24.2 Å². The van der Waals surface area contributed by atoms with E-state index < -0.39 is 0 Å². The lowest BCUT2D eigenvalue weighted by Gasteiger charge is -2.34. The number of likely N-dealkylation sites (tertiary alicyclic amines) is 2. The summed E-state index contributed by atoms with van der Waals surface area (Å²) >= 11 is 0. The standard InChI is InChI=1S/C20H27N3O2.ClH/c1-14-4-6-15(7-5-14)19(24)22-8-2-3-16(11-22)20(25)23-12-17-9-21-10-18(17)13-23;/h4-7,16-18,21H,2-3,8-13H2,1H3;1H/t16?,17-,18+;. The van der Waals surface area contributed by atoms with Gasteiger partial charge in [-0.25, -0.2) is 0 Å². The number of nitrogens with one attached hydrogen (secondary N) is 1. The van der Waals surface area contributed by atoms with Crippen molar-refractivity contribution in [3.8, 4) is 0 Å². The molecule has 0 spiro atoms. The molecule has 3 aliphatic heterocycles. The molecular weight excluding hydrogens is 350 g/mol. The summed E-state index contributed by atoms with van der Waals surface area (Å²) in [5.41, 5.74) is 1.87. The number of fused-ring (bicyclic) bond motifs is 1. The molecule has 2 amide bonds. The Kier molecular flexibility index (Phi) is 5.88. The van der Waals surface area contributed by atoms with Crippen LogP contribution in [0, 0.1) is 24.7 Å². The van der Waals surface area contributed by atoms with Gasteiger partial charge in [0.2, 0.25) is 5.91 Å². The molecule has 142 valence electrons. The minimum atomic E-state index is -0.0325. The highest BCUT2D eigenvalue weighted by Gasteiger charge is 2.40. The van der Waals surface area contributed by atoms with Gasteiger partial charge in [0.15, 0.2) is 0 Å². The first kappa shape index (κ1) is 19.2. The zero-order valence-corrected chi connectivity index (χ0v) is 16.1. The number of amides is 2. The second kappa shape index (κ2) is 7.97. The van der Waals surface area contributed by atoms with E-state index in [2.05, 4.69) is 10.2 Å². The van der Waals surface area contributed by atoms with Crippen molar-refractivity contribution in [2.24, 2.45) is 17.8 Å². The van der Waals surface area contributed by atoms with Gasteiger partial charge < -0.3 is 15.1 Å². The smallest absolute Gasteiger partial charge is 0.253 e. The van der Waals surface area contributed by atoms with Crippen LogP contribution < -0.4 is 5.32 Å². The number of piperidine rings is 1. The topological polar surface area (TPSA) is 52.7 Å². The minimum absolute atomic E-state index is 0. The molecule has 0 aromatic heterocycles. The fourth-order valence-corrected chi connectivity index (χ4v) is 4.54. The molecule has 0 radical (unpaired) electrons. The third-order valence-electron chi connectivity index (χ3n) is 6.06. The van der Waals surface area contributed by atoms with Gasteiger partial charge in [0.25, 0.3) is 5.91 Å². The van der Waals surface area contributed by atoms with Crippen molar-refractivity contribution in [2.45, 2.75) is 19.8 Å². The van der Waals surface area contributed by atoms with Gasteiger partial charge in [0.05, 0.1) is 5.92 Å². The Morgan fingerprint density at radius 3 is 2.31 bits per heavy atom. The van der Waals surface area contributed by atoms with E-state index in [-0.39, 0.29) is 30.1 Å². The molecule has 1 N–H and O–H groups in total. The minimum Gasteiger partial charge on any atom is -0.342 e. The Hall–Kier alpha value is -1.59. The number of halogens is 1. The van der Waals surface area contributed by atoms with Crippen molar-refractivity contribution in [3.05, 3.63) is 35.4 Å². The van der Waals surface area contributed by atoms with E-state index in [1.165, 1.54) is 0 Å². The van der Waals surface area contributed by atoms with Crippen LogP contribution >= 0.6 is 12.4 Å². The Morgan fingerprint density at radius 2 is 1.65 bits per heavy atom. The number of hydrogen-bond donors (Lipinski definition) is 1. The van der Waals surface area contributed by atoms with Crippen LogP contribution in [-0.2, 0) is 4.79 Å². The van der Waals surface area contributed by atoms with Crippen LogP contribution in [0.15, 0.2) is 24.3 Å². The number of nitrogens with zero attached hydrogens (tertiary/aromatic N) is 2. The van der Waals surface area contributed by atoms with Crippen LogP contribution in [0.3, 0.4) is 0 Å². The van der Waals surface area contributed by atoms with Gasteiger partial charge in [-0.3, -0.25) is 9.59 Å². The van der Waals surface area contributed by atoms with Gasteiger partial charge in [-0.15, -0.1) is 12.4 Å². The molecule has 0 saturated carbocycles. The number of aryl methyl sites for hydroxylation is 1. The third kappa shape index (κ3) is 3.74. The second-order valence-electron chi connectivity index (χ2n) is 7.88. The van der Waals surface area contributed by atoms with E-state index in [1.54, 1.807) is 0 Å². The van der Waals surface area contributed by atoms with Crippen LogP contribution in [0.4, 0.5) is 0 Å². The molecule has 0 bridgehead atoms. The van der Waals surface area contributed by atoms with Gasteiger partial charge in [-0.05, 0) is 43.7 Å². The quantitative estimate of drug-likeness (QED) is 0.857. The molecule has 3 fully saturated rings. The van der Waals surface area contributed by atoms with E-state index in [0.29, 0.717) is 18.4 Å². The Morgan fingerprint density at radius 1 is 1.00 bits per heavy atom. The summed E-state index contributed by atoms with van der Waals surface area (Å²) in [6.07, 6.45) is 1.82. The number of carbonyl (C=O) groups is 2. The maximum Gasteiger partial charge on any atom is 0.253 e. The maximum atomic E-state index is 12.9. The monoisotopic (exact) mass is 377 g/mol. The highest BCUT2D eigenvalue weighted by atomic mass is 35.5. The fraction of sp³-hybridized carbons (Fsp3) is 0.600. The van der Waals surface area contributed by atoms with Gasteiger partial charge in [0, 0.05) is 44.8 Å². The van der Waals surface area contributed by atoms with Crippen LogP contribution in [-0.4, -0.2) is 60.9 Å². The third-order valence-corrected chi connectivity index (χ3v) is 6.06. The molecule has 3 atom stereocenters. The predicted molar refractivity (Wildman–Crippen MR) is 103 cm³/mol. The van der Waals surface area contributed by atoms with Crippen LogP contribution in [0.25, 0.3) is 0 Å². The largest absolute Gasteiger partial charge is 0.342 e. The van der Waals surface area contributed by atoms with Gasteiger partial charge in [-0.1, -0.05) is 17.7 Å². The first-order chi connectivity index (χ1) is 12.1. The summed E-state index contributed by atoms with van der Waals surface area (Å²) in [7, 11) is 0. The van der Waals surface area contributed by atoms with Gasteiger partial charge >= 0.3 is 0 Å². The molecule has 3 aliphatic rings. The summed E-state index contributed by atoms with van der Waals surface area (Å²) in [6, 6.07) is 7.71. The summed E-state index contributed by atoms with van der Waals surface area (Å²) in [5, 5.41) is 3.42. The number of hydrogen-bond acceptors (Lipinski definition) is 3. The molecule has 26 heavy (non-hydrogen) atoms. The van der Waals surface area contributed by atoms with Crippen molar-refractivity contribution in [3.63, 3.8) is 0 Å². The van der Waals surface area contributed by atoms with Crippen molar-refractivity contribution < 1.29 is 9.59 Å². The van der Waals surface area contributed by atoms with Gasteiger partial charge in [0.1, 0.15) is 0 Å². The first-order valence-electron chi connectivity index (χ1n) is 9.47. The summed E-state index contributed by atoms with van der Waals surface area (Å²) < 4.78 is 0.